The summed E-state index contributed by atoms with van der Waals surface area (Å²) in [6, 6.07) is 0. The zero-order chi connectivity index (χ0) is 18.5. The first-order valence-electron chi connectivity index (χ1n) is 9.70. The number of hydrogen-bond acceptors (Lipinski definition) is 3. The van der Waals surface area contributed by atoms with Gasteiger partial charge in [0.15, 0.2) is 8.32 Å². The van der Waals surface area contributed by atoms with Crippen molar-refractivity contribution in [3.8, 4) is 0 Å². The molecule has 0 radical (unpaired) electrons. The third kappa shape index (κ3) is 3.11. The van der Waals surface area contributed by atoms with E-state index < -0.39 is 13.9 Å². The van der Waals surface area contributed by atoms with Crippen LogP contribution in [0.15, 0.2) is 24.8 Å². The van der Waals surface area contributed by atoms with Gasteiger partial charge < -0.3 is 9.16 Å². The van der Waals surface area contributed by atoms with Gasteiger partial charge in [-0.05, 0) is 43.8 Å². The second-order valence-electron chi connectivity index (χ2n) is 9.78. The number of hydrogen-bond donors (Lipinski definition) is 0. The van der Waals surface area contributed by atoms with Crippen LogP contribution in [0.25, 0.3) is 0 Å². The predicted octanol–water partition coefficient (Wildman–Crippen LogP) is 5.04. The van der Waals surface area contributed by atoms with Crippen LogP contribution in [0.4, 0.5) is 0 Å². The Labute approximate surface area is 154 Å². The van der Waals surface area contributed by atoms with Crippen LogP contribution >= 0.6 is 0 Å². The van der Waals surface area contributed by atoms with Gasteiger partial charge in [-0.2, -0.15) is 0 Å². The Morgan fingerprint density at radius 1 is 1.44 bits per heavy atom. The van der Waals surface area contributed by atoms with Crippen molar-refractivity contribution < 1.29 is 14.0 Å². The standard InChI is InChI=1S/C21H34O3Si/c1-7-10-17-18(22)14-20-12-9-8-11-16(20)13-21(17,24-20)15-23-25(5,6)19(2,3)4/h7-8,11,16-17H,1,9-10,12-15H2,2-6H3/t16-,17-,20+,21-/m1/s1. The molecule has 0 saturated carbocycles. The van der Waals surface area contributed by atoms with Crippen LogP contribution in [0, 0.1) is 11.8 Å². The molecule has 140 valence electrons. The Bertz CT molecular complexity index is 588. The fraction of sp³-hybridized carbons (Fsp3) is 0.762. The van der Waals surface area contributed by atoms with Gasteiger partial charge in [0.25, 0.3) is 0 Å². The molecule has 2 saturated heterocycles. The maximum Gasteiger partial charge on any atom is 0.192 e. The van der Waals surface area contributed by atoms with Crippen molar-refractivity contribution >= 4 is 14.1 Å². The number of carbonyl (C=O) groups is 1. The number of ketones is 1. The number of ether oxygens (including phenoxy) is 1. The minimum Gasteiger partial charge on any atom is -0.414 e. The van der Waals surface area contributed by atoms with E-state index >= 15 is 0 Å². The van der Waals surface area contributed by atoms with Crippen LogP contribution in [-0.2, 0) is 14.0 Å². The second-order valence-corrected chi connectivity index (χ2v) is 14.6. The molecule has 3 nitrogen and oxygen atoms in total. The first kappa shape index (κ1) is 19.1. The molecule has 2 heterocycles. The first-order valence-corrected chi connectivity index (χ1v) is 12.6. The Hall–Kier alpha value is -0.713. The van der Waals surface area contributed by atoms with Gasteiger partial charge in [-0.1, -0.05) is 39.0 Å². The van der Waals surface area contributed by atoms with E-state index in [1.165, 1.54) is 0 Å². The van der Waals surface area contributed by atoms with Gasteiger partial charge in [0.2, 0.25) is 0 Å². The highest BCUT2D eigenvalue weighted by Gasteiger charge is 2.64. The molecule has 1 spiro atoms. The maximum atomic E-state index is 13.0. The van der Waals surface area contributed by atoms with Crippen molar-refractivity contribution in [2.24, 2.45) is 11.8 Å². The van der Waals surface area contributed by atoms with Crippen molar-refractivity contribution in [1.29, 1.82) is 0 Å². The fourth-order valence-electron chi connectivity index (χ4n) is 4.55. The lowest BCUT2D eigenvalue weighted by Crippen LogP contribution is -2.56. The van der Waals surface area contributed by atoms with Gasteiger partial charge in [-0.3, -0.25) is 4.79 Å². The van der Waals surface area contributed by atoms with Crippen LogP contribution in [0.1, 0.15) is 52.9 Å². The Morgan fingerprint density at radius 2 is 2.16 bits per heavy atom. The maximum absolute atomic E-state index is 13.0. The number of carbonyl (C=O) groups excluding carboxylic acids is 1. The average molecular weight is 363 g/mol. The van der Waals surface area contributed by atoms with Crippen LogP contribution in [0.3, 0.4) is 0 Å². The van der Waals surface area contributed by atoms with E-state index in [1.54, 1.807) is 0 Å². The van der Waals surface area contributed by atoms with E-state index in [1.807, 2.05) is 6.08 Å². The first-order chi connectivity index (χ1) is 11.6. The molecule has 2 bridgehead atoms. The van der Waals surface area contributed by atoms with E-state index in [2.05, 4.69) is 52.6 Å². The zero-order valence-electron chi connectivity index (χ0n) is 16.6. The van der Waals surface area contributed by atoms with Crippen molar-refractivity contribution in [3.05, 3.63) is 24.8 Å². The third-order valence-electron chi connectivity index (χ3n) is 7.13. The normalized spacial score (nSPS) is 37.9. The van der Waals surface area contributed by atoms with Crippen LogP contribution in [0.2, 0.25) is 18.1 Å². The molecule has 0 unspecified atom stereocenters. The van der Waals surface area contributed by atoms with Crippen LogP contribution in [0.5, 0.6) is 0 Å². The number of allylic oxidation sites excluding steroid dienone is 2. The summed E-state index contributed by atoms with van der Waals surface area (Å²) < 4.78 is 13.4. The molecule has 4 heteroatoms. The predicted molar refractivity (Wildman–Crippen MR) is 104 cm³/mol. The van der Waals surface area contributed by atoms with E-state index in [9.17, 15) is 4.79 Å². The Morgan fingerprint density at radius 3 is 2.80 bits per heavy atom. The molecular formula is C21H34O3Si. The van der Waals surface area contributed by atoms with Gasteiger partial charge in [-0.25, -0.2) is 0 Å². The molecule has 1 aliphatic carbocycles. The molecule has 2 aliphatic heterocycles. The lowest BCUT2D eigenvalue weighted by atomic mass is 9.76. The van der Waals surface area contributed by atoms with Gasteiger partial charge >= 0.3 is 0 Å². The van der Waals surface area contributed by atoms with Gasteiger partial charge in [-0.15, -0.1) is 6.58 Å². The Kier molecular flexibility index (Phi) is 4.71. The highest BCUT2D eigenvalue weighted by molar-refractivity contribution is 6.74. The molecule has 25 heavy (non-hydrogen) atoms. The van der Waals surface area contributed by atoms with E-state index in [-0.39, 0.29) is 16.6 Å². The van der Waals surface area contributed by atoms with Crippen molar-refractivity contribution in [2.45, 2.75) is 82.2 Å². The minimum absolute atomic E-state index is 0.112. The highest BCUT2D eigenvalue weighted by Crippen LogP contribution is 2.57. The molecule has 4 atom stereocenters. The number of fused-ring (bicyclic) bond motifs is 1. The lowest BCUT2D eigenvalue weighted by Gasteiger charge is -2.47. The van der Waals surface area contributed by atoms with Crippen molar-refractivity contribution in [1.82, 2.24) is 0 Å². The minimum atomic E-state index is -1.89. The SMILES string of the molecule is C=CC[C@@H]1C(=O)C[C@@]23CCC=C[C@@H]2C[C@]1(CO[Si](C)(C)C(C)(C)C)O3. The monoisotopic (exact) mass is 362 g/mol. The third-order valence-corrected chi connectivity index (χ3v) is 11.6. The van der Waals surface area contributed by atoms with Gasteiger partial charge in [0.05, 0.1) is 18.1 Å². The highest BCUT2D eigenvalue weighted by atomic mass is 28.4. The van der Waals surface area contributed by atoms with E-state index in [0.717, 1.165) is 19.3 Å². The van der Waals surface area contributed by atoms with E-state index in [0.29, 0.717) is 31.1 Å². The molecule has 3 rings (SSSR count). The number of rotatable bonds is 5. The average Bonchev–Trinajstić information content (AvgIpc) is 2.79. The van der Waals surface area contributed by atoms with Crippen molar-refractivity contribution in [2.75, 3.05) is 6.61 Å². The summed E-state index contributed by atoms with van der Waals surface area (Å²) in [5, 5.41) is 0.152. The Balaban J connectivity index is 1.90. The van der Waals surface area contributed by atoms with Crippen LogP contribution < -0.4 is 0 Å². The van der Waals surface area contributed by atoms with E-state index in [4.69, 9.17) is 9.16 Å². The van der Waals surface area contributed by atoms with Gasteiger partial charge in [0, 0.05) is 12.3 Å². The molecule has 0 N–H and O–H groups in total. The fourth-order valence-corrected chi connectivity index (χ4v) is 5.59. The molecule has 0 amide bonds. The summed E-state index contributed by atoms with van der Waals surface area (Å²) >= 11 is 0. The molecule has 0 aromatic carbocycles. The summed E-state index contributed by atoms with van der Waals surface area (Å²) in [7, 11) is -1.89. The zero-order valence-corrected chi connectivity index (χ0v) is 17.6. The summed E-state index contributed by atoms with van der Waals surface area (Å²) in [6.07, 6.45) is 10.5. The summed E-state index contributed by atoms with van der Waals surface area (Å²) in [5.74, 6) is 0.588. The van der Waals surface area contributed by atoms with Crippen molar-refractivity contribution in [3.63, 3.8) is 0 Å². The molecule has 0 aromatic heterocycles. The molecule has 2 fully saturated rings. The summed E-state index contributed by atoms with van der Waals surface area (Å²) in [6.45, 7) is 15.7. The molecule has 0 aromatic rings. The largest absolute Gasteiger partial charge is 0.414 e. The molecular weight excluding hydrogens is 328 g/mol. The quantitative estimate of drug-likeness (QED) is 0.508. The van der Waals surface area contributed by atoms with Gasteiger partial charge in [0.1, 0.15) is 11.4 Å². The van der Waals surface area contributed by atoms with Crippen LogP contribution in [-0.4, -0.2) is 31.9 Å². The smallest absolute Gasteiger partial charge is 0.192 e. The number of Topliss-reactive ketones (excluding diaryl/α,β-unsaturated/α-hetero) is 1. The lowest BCUT2D eigenvalue weighted by molar-refractivity contribution is -0.192. The molecule has 3 aliphatic rings. The topological polar surface area (TPSA) is 35.5 Å². The second kappa shape index (κ2) is 6.17. The summed E-state index contributed by atoms with van der Waals surface area (Å²) in [5.41, 5.74) is -0.751. The summed E-state index contributed by atoms with van der Waals surface area (Å²) in [4.78, 5) is 13.0.